The molecule has 2 unspecified atom stereocenters. The molecule has 3 heterocycles. The molecule has 1 saturated heterocycles. The molecule has 12 heteroatoms. The Kier molecular flexibility index (Phi) is 6.73. The largest absolute Gasteiger partial charge is 0.508 e. The molecule has 0 aliphatic carbocycles. The second-order valence-electron chi connectivity index (χ2n) is 9.27. The number of rotatable bonds is 5. The zero-order chi connectivity index (χ0) is 28.1. The van der Waals surface area contributed by atoms with Crippen LogP contribution in [0.4, 0.5) is 15.8 Å². The molecule has 2 aliphatic rings. The molecule has 2 N–H and O–H groups in total. The Bertz CT molecular complexity index is 1720. The molecule has 2 aliphatic heterocycles. The van der Waals surface area contributed by atoms with Gasteiger partial charge in [0.15, 0.2) is 0 Å². The molecular weight excluding hydrogens is 577 g/mol. The molecule has 0 saturated carbocycles. The predicted molar refractivity (Wildman–Crippen MR) is 151 cm³/mol. The lowest BCUT2D eigenvalue weighted by atomic mass is 9.82. The first-order valence-corrected chi connectivity index (χ1v) is 14.2. The fourth-order valence-corrected chi connectivity index (χ4v) is 7.95. The highest BCUT2D eigenvalue weighted by Crippen LogP contribution is 2.55. The monoisotopic (exact) mass is 595 g/mol. The first-order chi connectivity index (χ1) is 19.2. The molecule has 1 aromatic heterocycles. The van der Waals surface area contributed by atoms with Gasteiger partial charge in [-0.25, -0.2) is 9.29 Å². The molecule has 6 rings (SSSR count). The van der Waals surface area contributed by atoms with Crippen molar-refractivity contribution in [2.24, 2.45) is 5.92 Å². The molecule has 0 radical (unpaired) electrons. The van der Waals surface area contributed by atoms with E-state index in [1.807, 2.05) is 0 Å². The molecular formula is C28H19ClFN3O5S2. The van der Waals surface area contributed by atoms with Gasteiger partial charge in [0.2, 0.25) is 17.7 Å². The first-order valence-electron chi connectivity index (χ1n) is 12.1. The van der Waals surface area contributed by atoms with E-state index < -0.39 is 45.5 Å². The average Bonchev–Trinajstić information content (AvgIpc) is 3.37. The summed E-state index contributed by atoms with van der Waals surface area (Å²) in [7, 11) is 0. The summed E-state index contributed by atoms with van der Waals surface area (Å²) >= 11 is 7.95. The number of thioether (sulfide) groups is 1. The number of thiazole rings is 1. The average molecular weight is 596 g/mol. The number of amides is 3. The molecule has 4 aromatic rings. The van der Waals surface area contributed by atoms with Gasteiger partial charge < -0.3 is 10.4 Å². The van der Waals surface area contributed by atoms with Gasteiger partial charge in [-0.1, -0.05) is 52.9 Å². The summed E-state index contributed by atoms with van der Waals surface area (Å²) in [5.41, 5.74) is 1.13. The number of para-hydroxylation sites is 1. The van der Waals surface area contributed by atoms with Crippen molar-refractivity contribution in [3.05, 3.63) is 104 Å². The molecule has 202 valence electrons. The predicted octanol–water partition coefficient (Wildman–Crippen LogP) is 4.84. The van der Waals surface area contributed by atoms with E-state index in [9.17, 15) is 28.7 Å². The van der Waals surface area contributed by atoms with Crippen molar-refractivity contribution in [3.63, 3.8) is 0 Å². The third-order valence-electron chi connectivity index (χ3n) is 6.84. The lowest BCUT2D eigenvalue weighted by Gasteiger charge is -2.31. The fraction of sp³-hybridized carbons (Fsp3) is 0.143. The van der Waals surface area contributed by atoms with E-state index in [2.05, 4.69) is 5.32 Å². The minimum absolute atomic E-state index is 0.0734. The number of phenolic OH excluding ortho intramolecular Hbond substituents is 1. The maximum Gasteiger partial charge on any atom is 0.308 e. The van der Waals surface area contributed by atoms with Crippen LogP contribution < -0.4 is 15.1 Å². The molecule has 3 atom stereocenters. The molecule has 40 heavy (non-hydrogen) atoms. The lowest BCUT2D eigenvalue weighted by Crippen LogP contribution is -2.33. The van der Waals surface area contributed by atoms with Crippen LogP contribution in [-0.4, -0.2) is 32.6 Å². The maximum atomic E-state index is 13.8. The quantitative estimate of drug-likeness (QED) is 0.320. The van der Waals surface area contributed by atoms with Gasteiger partial charge in [0.1, 0.15) is 23.4 Å². The van der Waals surface area contributed by atoms with Gasteiger partial charge in [-0.15, -0.1) is 0 Å². The van der Waals surface area contributed by atoms with Crippen LogP contribution in [0.15, 0.2) is 82.6 Å². The summed E-state index contributed by atoms with van der Waals surface area (Å²) in [6.45, 7) is -0.358. The van der Waals surface area contributed by atoms with Crippen LogP contribution in [0.5, 0.6) is 5.75 Å². The molecule has 1 fully saturated rings. The number of benzene rings is 3. The number of anilines is 2. The van der Waals surface area contributed by atoms with Gasteiger partial charge in [0.05, 0.1) is 16.6 Å². The van der Waals surface area contributed by atoms with Crippen molar-refractivity contribution in [1.82, 2.24) is 4.57 Å². The van der Waals surface area contributed by atoms with Crippen LogP contribution in [0.25, 0.3) is 0 Å². The number of nitrogens with zero attached hydrogens (tertiary/aromatic N) is 2. The van der Waals surface area contributed by atoms with Gasteiger partial charge in [-0.05, 0) is 54.6 Å². The van der Waals surface area contributed by atoms with Crippen LogP contribution >= 0.6 is 34.7 Å². The summed E-state index contributed by atoms with van der Waals surface area (Å²) in [6.07, 6.45) is 0. The number of phenols is 1. The van der Waals surface area contributed by atoms with Gasteiger partial charge in [-0.3, -0.25) is 23.7 Å². The third kappa shape index (κ3) is 4.49. The summed E-state index contributed by atoms with van der Waals surface area (Å²) in [5.74, 6) is -3.66. The summed E-state index contributed by atoms with van der Waals surface area (Å²) in [6, 6.07) is 18.1. The molecule has 0 spiro atoms. The molecule has 3 amide bonds. The van der Waals surface area contributed by atoms with Crippen LogP contribution in [0.2, 0.25) is 5.02 Å². The minimum Gasteiger partial charge on any atom is -0.508 e. The smallest absolute Gasteiger partial charge is 0.308 e. The number of aromatic nitrogens is 1. The first kappa shape index (κ1) is 26.3. The minimum atomic E-state index is -0.902. The van der Waals surface area contributed by atoms with Crippen molar-refractivity contribution in [2.45, 2.75) is 22.7 Å². The van der Waals surface area contributed by atoms with Gasteiger partial charge in [0.25, 0.3) is 0 Å². The summed E-state index contributed by atoms with van der Waals surface area (Å²) in [5, 5.41) is 13.4. The Morgan fingerprint density at radius 3 is 2.38 bits per heavy atom. The summed E-state index contributed by atoms with van der Waals surface area (Å²) < 4.78 is 14.5. The van der Waals surface area contributed by atoms with E-state index in [1.165, 1.54) is 34.9 Å². The highest BCUT2D eigenvalue weighted by atomic mass is 35.5. The van der Waals surface area contributed by atoms with E-state index in [0.29, 0.717) is 31.9 Å². The standard InChI is InChI=1S/C28H19ClFN3O5S2/c29-14-5-11-17(12-6-14)33-25(36)22-21(18-3-1-2-4-19(18)34)24-27(39-23(22)26(33)37)32(28(38)40-24)13-20(35)31-16-9-7-15(30)8-10-16/h1-12,21-23,34H,13H2,(H,31,35)/t21-,22?,23?/m0/s1. The number of fused-ring (bicyclic) bond motifs is 2. The van der Waals surface area contributed by atoms with Crippen LogP contribution in [-0.2, 0) is 20.9 Å². The van der Waals surface area contributed by atoms with E-state index >= 15 is 0 Å². The van der Waals surface area contributed by atoms with E-state index in [0.717, 1.165) is 28.0 Å². The number of carbonyl (C=O) groups excluding carboxylic acids is 3. The van der Waals surface area contributed by atoms with E-state index in [-0.39, 0.29) is 12.3 Å². The molecule has 0 bridgehead atoms. The second kappa shape index (κ2) is 10.2. The van der Waals surface area contributed by atoms with E-state index in [4.69, 9.17) is 11.6 Å². The van der Waals surface area contributed by atoms with Crippen molar-refractivity contribution in [3.8, 4) is 5.75 Å². The zero-order valence-electron chi connectivity index (χ0n) is 20.4. The Morgan fingerprint density at radius 2 is 1.68 bits per heavy atom. The Balaban J connectivity index is 1.41. The van der Waals surface area contributed by atoms with Crippen molar-refractivity contribution < 1.29 is 23.9 Å². The van der Waals surface area contributed by atoms with Gasteiger partial charge in [0, 0.05) is 27.1 Å². The number of hydrogen-bond acceptors (Lipinski definition) is 7. The van der Waals surface area contributed by atoms with Crippen LogP contribution in [0, 0.1) is 11.7 Å². The normalized spacial score (nSPS) is 19.9. The second-order valence-corrected chi connectivity index (χ2v) is 11.8. The molecule has 3 aromatic carbocycles. The van der Waals surface area contributed by atoms with Gasteiger partial charge in [-0.2, -0.15) is 0 Å². The number of nitrogens with one attached hydrogen (secondary N) is 1. The van der Waals surface area contributed by atoms with Crippen molar-refractivity contribution in [1.29, 1.82) is 0 Å². The number of aromatic hydroxyl groups is 1. The maximum absolute atomic E-state index is 13.8. The van der Waals surface area contributed by atoms with Gasteiger partial charge >= 0.3 is 4.87 Å². The van der Waals surface area contributed by atoms with Crippen LogP contribution in [0.3, 0.4) is 0 Å². The molecule has 8 nitrogen and oxygen atoms in total. The van der Waals surface area contributed by atoms with Crippen molar-refractivity contribution >= 4 is 63.8 Å². The number of halogens is 2. The Hall–Kier alpha value is -3.93. The van der Waals surface area contributed by atoms with Crippen LogP contribution in [0.1, 0.15) is 16.4 Å². The summed E-state index contributed by atoms with van der Waals surface area (Å²) in [4.78, 5) is 54.8. The number of hydrogen-bond donors (Lipinski definition) is 2. The Labute approximate surface area is 240 Å². The lowest BCUT2D eigenvalue weighted by molar-refractivity contribution is -0.122. The van der Waals surface area contributed by atoms with Crippen molar-refractivity contribution in [2.75, 3.05) is 10.2 Å². The zero-order valence-corrected chi connectivity index (χ0v) is 22.8. The highest BCUT2D eigenvalue weighted by Gasteiger charge is 2.57. The Morgan fingerprint density at radius 1 is 0.975 bits per heavy atom. The fourth-order valence-electron chi connectivity index (χ4n) is 5.06. The number of imide groups is 1. The third-order valence-corrected chi connectivity index (χ3v) is 9.69. The highest BCUT2D eigenvalue weighted by molar-refractivity contribution is 8.00. The SMILES string of the molecule is O=C(Cn1c2c(sc1=O)[C@@H](c1ccccc1O)C1C(=O)N(c3ccc(Cl)cc3)C(=O)C1S2)Nc1ccc(F)cc1. The number of carbonyl (C=O) groups is 3. The topological polar surface area (TPSA) is 109 Å². The van der Waals surface area contributed by atoms with E-state index in [1.54, 1.807) is 42.5 Å².